The molecule has 2 aromatic carbocycles. The average molecular weight is 828 g/mol. The second-order valence-corrected chi connectivity index (χ2v) is 16.6. The molecule has 0 spiro atoms. The van der Waals surface area contributed by atoms with Gasteiger partial charge in [0.05, 0.1) is 44.7 Å². The van der Waals surface area contributed by atoms with Crippen molar-refractivity contribution in [3.05, 3.63) is 53.4 Å². The van der Waals surface area contributed by atoms with Crippen molar-refractivity contribution in [2.75, 3.05) is 43.4 Å². The SMILES string of the molecule is C=C1C[C@@H]2[C@H](CC)N(C(=O)OC(C)OC(=O)C(C)C)CCN2c2nc(OC[C@@]34CCCN3CC(=C(F)F)C4)nc3c(F)c(-c4ccc(F)c5sc(N)nc45)c(F)c1c23. The van der Waals surface area contributed by atoms with Crippen LogP contribution >= 0.6 is 11.3 Å². The van der Waals surface area contributed by atoms with Crippen molar-refractivity contribution in [3.63, 3.8) is 0 Å². The number of aromatic nitrogens is 3. The summed E-state index contributed by atoms with van der Waals surface area (Å²) in [4.78, 5) is 44.7. The molecule has 12 nitrogen and oxygen atoms in total. The molecule has 3 saturated heterocycles. The number of ether oxygens (including phenoxy) is 3. The van der Waals surface area contributed by atoms with Crippen LogP contribution in [0.4, 0.5) is 37.7 Å². The van der Waals surface area contributed by atoms with Crippen molar-refractivity contribution in [1.82, 2.24) is 24.8 Å². The van der Waals surface area contributed by atoms with Gasteiger partial charge in [0.2, 0.25) is 6.29 Å². The highest BCUT2D eigenvalue weighted by Gasteiger charge is 2.49. The Labute approximate surface area is 334 Å². The highest BCUT2D eigenvalue weighted by Crippen LogP contribution is 2.49. The Kier molecular flexibility index (Phi) is 10.2. The van der Waals surface area contributed by atoms with E-state index >= 15 is 8.78 Å². The topological polar surface area (TPSA) is 136 Å². The van der Waals surface area contributed by atoms with Gasteiger partial charge < -0.3 is 29.7 Å². The van der Waals surface area contributed by atoms with Crippen molar-refractivity contribution in [2.45, 2.75) is 83.7 Å². The number of carbonyl (C=O) groups is 2. The molecular weight excluding hydrogens is 786 g/mol. The van der Waals surface area contributed by atoms with E-state index in [-0.39, 0.29) is 99.4 Å². The molecule has 2 aromatic heterocycles. The summed E-state index contributed by atoms with van der Waals surface area (Å²) in [5.74, 6) is -3.56. The number of hydrogen-bond donors (Lipinski definition) is 1. The zero-order valence-corrected chi connectivity index (χ0v) is 33.2. The minimum absolute atomic E-state index is 0.00160. The van der Waals surface area contributed by atoms with E-state index in [9.17, 15) is 22.8 Å². The molecule has 0 aliphatic carbocycles. The van der Waals surface area contributed by atoms with Crippen LogP contribution in [0.1, 0.15) is 65.4 Å². The summed E-state index contributed by atoms with van der Waals surface area (Å²) < 4.78 is 94.3. The first kappa shape index (κ1) is 39.7. The van der Waals surface area contributed by atoms with Crippen LogP contribution in [0.2, 0.25) is 0 Å². The van der Waals surface area contributed by atoms with Crippen LogP contribution in [0.3, 0.4) is 0 Å². The predicted octanol–water partition coefficient (Wildman–Crippen LogP) is 8.04. The Bertz CT molecular complexity index is 2410. The Morgan fingerprint density at radius 2 is 1.81 bits per heavy atom. The molecule has 0 radical (unpaired) electrons. The molecule has 1 unspecified atom stereocenters. The van der Waals surface area contributed by atoms with Gasteiger partial charge in [-0.05, 0) is 56.4 Å². The number of thiazole rings is 1. The molecule has 6 heterocycles. The molecule has 308 valence electrons. The number of nitrogen functional groups attached to an aromatic ring is 1. The molecule has 0 bridgehead atoms. The van der Waals surface area contributed by atoms with Crippen molar-refractivity contribution in [3.8, 4) is 17.1 Å². The molecule has 2 N–H and O–H groups in total. The Morgan fingerprint density at radius 1 is 1.03 bits per heavy atom. The summed E-state index contributed by atoms with van der Waals surface area (Å²) in [6.07, 6.45) is -1.67. The summed E-state index contributed by atoms with van der Waals surface area (Å²) in [6.45, 7) is 11.8. The lowest BCUT2D eigenvalue weighted by molar-refractivity contribution is -0.170. The molecule has 3 fully saturated rings. The number of rotatable bonds is 8. The second kappa shape index (κ2) is 14.9. The second-order valence-electron chi connectivity index (χ2n) is 15.6. The first-order chi connectivity index (χ1) is 27.6. The van der Waals surface area contributed by atoms with Gasteiger partial charge in [-0.1, -0.05) is 38.7 Å². The fourth-order valence-corrected chi connectivity index (χ4v) is 9.81. The van der Waals surface area contributed by atoms with Gasteiger partial charge >= 0.3 is 18.1 Å². The Morgan fingerprint density at radius 3 is 2.53 bits per heavy atom. The van der Waals surface area contributed by atoms with E-state index in [4.69, 9.17) is 24.9 Å². The molecule has 1 amide bonds. The number of carbonyl (C=O) groups excluding carboxylic acids is 2. The summed E-state index contributed by atoms with van der Waals surface area (Å²) in [5.41, 5.74) is 4.52. The van der Waals surface area contributed by atoms with E-state index in [0.717, 1.165) is 23.8 Å². The number of esters is 1. The quantitative estimate of drug-likeness (QED) is 0.105. The van der Waals surface area contributed by atoms with Gasteiger partial charge in [-0.2, -0.15) is 18.7 Å². The number of fused-ring (bicyclic) bond motifs is 4. The summed E-state index contributed by atoms with van der Waals surface area (Å²) in [7, 11) is 0. The van der Waals surface area contributed by atoms with Gasteiger partial charge in [0.15, 0.2) is 10.9 Å². The van der Waals surface area contributed by atoms with Crippen LogP contribution in [0.15, 0.2) is 30.4 Å². The van der Waals surface area contributed by atoms with Gasteiger partial charge in [0.25, 0.3) is 6.08 Å². The van der Waals surface area contributed by atoms with Crippen molar-refractivity contribution in [1.29, 1.82) is 0 Å². The average Bonchev–Trinajstić information content (AvgIpc) is 3.85. The number of hydrogen-bond acceptors (Lipinski definition) is 12. The van der Waals surface area contributed by atoms with E-state index < -0.39 is 71.0 Å². The first-order valence-corrected chi connectivity index (χ1v) is 20.0. The number of piperazine rings is 1. The largest absolute Gasteiger partial charge is 0.461 e. The number of amides is 1. The third kappa shape index (κ3) is 6.57. The van der Waals surface area contributed by atoms with E-state index in [2.05, 4.69) is 16.5 Å². The zero-order chi connectivity index (χ0) is 41.4. The van der Waals surface area contributed by atoms with Gasteiger partial charge in [-0.3, -0.25) is 9.69 Å². The molecule has 18 heteroatoms. The normalized spacial score (nSPS) is 22.4. The third-order valence-corrected chi connectivity index (χ3v) is 12.6. The van der Waals surface area contributed by atoms with Crippen LogP contribution in [0.5, 0.6) is 6.01 Å². The highest BCUT2D eigenvalue weighted by atomic mass is 32.1. The fourth-order valence-electron chi connectivity index (χ4n) is 9.05. The number of anilines is 2. The third-order valence-electron chi connectivity index (χ3n) is 11.8. The maximum absolute atomic E-state index is 17.3. The number of nitrogens with zero attached hydrogens (tertiary/aromatic N) is 6. The molecule has 4 aliphatic heterocycles. The molecule has 4 aromatic rings. The summed E-state index contributed by atoms with van der Waals surface area (Å²) in [6, 6.07) is 0.909. The van der Waals surface area contributed by atoms with Gasteiger partial charge in [0, 0.05) is 43.3 Å². The van der Waals surface area contributed by atoms with Gasteiger partial charge in [0.1, 0.15) is 29.6 Å². The molecule has 8 rings (SSSR count). The highest BCUT2D eigenvalue weighted by molar-refractivity contribution is 7.22. The molecule has 4 aliphatic rings. The summed E-state index contributed by atoms with van der Waals surface area (Å²) >= 11 is 0.842. The van der Waals surface area contributed by atoms with Gasteiger partial charge in [-0.15, -0.1) is 0 Å². The lowest BCUT2D eigenvalue weighted by Crippen LogP contribution is -2.61. The van der Waals surface area contributed by atoms with E-state index in [1.165, 1.54) is 17.9 Å². The molecule has 4 atom stereocenters. The molecule has 58 heavy (non-hydrogen) atoms. The standard InChI is InChI=1S/C40H42F5N7O5S/c1-6-24-25-14-19(4)26-28-32(30(43)27(29(26)42)22-8-9-23(41)33-31(22)47-37(46)58-33)48-38(55-17-40-10-7-11-50(40)16-21(15-40)34(44)45)49-35(28)51(25)12-13-52(24)39(54)57-20(5)56-36(53)18(2)3/h8-9,18,20,24-25H,4,6-7,10-17H2,1-3,5H3,(H2,46,47)/t20?,24-,25+,40-/m0/s1. The van der Waals surface area contributed by atoms with E-state index in [0.29, 0.717) is 19.4 Å². The summed E-state index contributed by atoms with van der Waals surface area (Å²) in [5, 5.41) is 0.0304. The smallest absolute Gasteiger partial charge is 0.413 e. The van der Waals surface area contributed by atoms with Crippen LogP contribution in [-0.2, 0) is 14.3 Å². The van der Waals surface area contributed by atoms with Crippen LogP contribution in [0.25, 0.3) is 37.8 Å². The van der Waals surface area contributed by atoms with Crippen molar-refractivity contribution in [2.24, 2.45) is 5.92 Å². The Balaban J connectivity index is 1.25. The van der Waals surface area contributed by atoms with E-state index in [1.54, 1.807) is 13.8 Å². The lowest BCUT2D eigenvalue weighted by atomic mass is 9.89. The van der Waals surface area contributed by atoms with Crippen molar-refractivity contribution >= 4 is 61.0 Å². The number of halogens is 5. The van der Waals surface area contributed by atoms with Crippen LogP contribution in [0, 0.1) is 23.4 Å². The minimum atomic E-state index is -1.72. The fraction of sp³-hybridized carbons (Fsp3) is 0.475. The van der Waals surface area contributed by atoms with Crippen molar-refractivity contribution < 1.29 is 45.8 Å². The Hall–Kier alpha value is -5.10. The molecule has 0 saturated carbocycles. The number of nitrogens with two attached hydrogens (primary N) is 1. The van der Waals surface area contributed by atoms with Crippen LogP contribution in [-0.4, -0.2) is 93.5 Å². The predicted molar refractivity (Wildman–Crippen MR) is 208 cm³/mol. The maximum atomic E-state index is 17.3. The number of benzene rings is 2. The monoisotopic (exact) mass is 827 g/mol. The molecular formula is C40H42F5N7O5S. The first-order valence-electron chi connectivity index (χ1n) is 19.2. The zero-order valence-electron chi connectivity index (χ0n) is 32.3. The minimum Gasteiger partial charge on any atom is -0.461 e. The van der Waals surface area contributed by atoms with Gasteiger partial charge in [-0.25, -0.2) is 22.9 Å². The van der Waals surface area contributed by atoms with E-state index in [1.807, 2.05) is 16.7 Å². The van der Waals surface area contributed by atoms with Crippen LogP contribution < -0.4 is 15.4 Å². The maximum Gasteiger partial charge on any atom is 0.413 e. The lowest BCUT2D eigenvalue weighted by Gasteiger charge is -2.47.